The van der Waals surface area contributed by atoms with E-state index in [9.17, 15) is 8.78 Å². The lowest BCUT2D eigenvalue weighted by Crippen LogP contribution is -2.39. The second-order valence-corrected chi connectivity index (χ2v) is 5.48. The van der Waals surface area contributed by atoms with E-state index in [4.69, 9.17) is 4.74 Å². The molecule has 0 saturated carbocycles. The van der Waals surface area contributed by atoms with Crippen LogP contribution < -0.4 is 10.6 Å². The number of hydrogen-bond donors (Lipinski definition) is 2. The third-order valence-corrected chi connectivity index (χ3v) is 3.66. The van der Waals surface area contributed by atoms with E-state index in [1.165, 1.54) is 24.3 Å². The Bertz CT molecular complexity index is 672. The zero-order valence-electron chi connectivity index (χ0n) is 14.4. The highest BCUT2D eigenvalue weighted by atomic mass is 19.1. The van der Waals surface area contributed by atoms with Crippen LogP contribution in [0.25, 0.3) is 0 Å². The van der Waals surface area contributed by atoms with Crippen LogP contribution in [0.3, 0.4) is 0 Å². The van der Waals surface area contributed by atoms with Crippen LogP contribution in [0.4, 0.5) is 8.78 Å². The van der Waals surface area contributed by atoms with Gasteiger partial charge < -0.3 is 15.4 Å². The Kier molecular flexibility index (Phi) is 7.35. The molecular weight excluding hydrogens is 324 g/mol. The van der Waals surface area contributed by atoms with Crippen molar-refractivity contribution in [3.8, 4) is 0 Å². The molecule has 0 saturated heterocycles. The number of aliphatic imine (C=N–C) groups is 1. The summed E-state index contributed by atoms with van der Waals surface area (Å²) in [7, 11) is 1.61. The number of ether oxygens (including phenoxy) is 1. The first-order chi connectivity index (χ1) is 12.1. The van der Waals surface area contributed by atoms with Crippen LogP contribution in [0.2, 0.25) is 0 Å². The van der Waals surface area contributed by atoms with Gasteiger partial charge in [-0.3, -0.25) is 0 Å². The molecule has 25 heavy (non-hydrogen) atoms. The van der Waals surface area contributed by atoms with Crippen LogP contribution >= 0.6 is 0 Å². The predicted molar refractivity (Wildman–Crippen MR) is 95.4 cm³/mol. The van der Waals surface area contributed by atoms with Crippen LogP contribution in [0, 0.1) is 11.6 Å². The van der Waals surface area contributed by atoms with Gasteiger partial charge in [-0.25, -0.2) is 13.8 Å². The van der Waals surface area contributed by atoms with Crippen molar-refractivity contribution >= 4 is 5.96 Å². The van der Waals surface area contributed by atoms with E-state index in [1.54, 1.807) is 31.4 Å². The molecule has 0 aliphatic rings. The van der Waals surface area contributed by atoms with Gasteiger partial charge in [-0.1, -0.05) is 24.3 Å². The van der Waals surface area contributed by atoms with Gasteiger partial charge in [-0.2, -0.15) is 0 Å². The number of rotatable bonds is 7. The fourth-order valence-corrected chi connectivity index (χ4v) is 2.31. The van der Waals surface area contributed by atoms with Gasteiger partial charge in [-0.05, 0) is 42.3 Å². The number of benzene rings is 2. The van der Waals surface area contributed by atoms with E-state index in [0.717, 1.165) is 11.1 Å². The monoisotopic (exact) mass is 347 g/mol. The summed E-state index contributed by atoms with van der Waals surface area (Å²) in [6, 6.07) is 12.5. The van der Waals surface area contributed by atoms with Crippen molar-refractivity contribution in [1.29, 1.82) is 0 Å². The largest absolute Gasteiger partial charge is 0.375 e. The number of halogens is 2. The zero-order valence-corrected chi connectivity index (χ0v) is 14.4. The Morgan fingerprint density at radius 1 is 1.00 bits per heavy atom. The minimum Gasteiger partial charge on any atom is -0.375 e. The molecule has 2 aromatic rings. The number of guanidine groups is 1. The Morgan fingerprint density at radius 3 is 2.16 bits per heavy atom. The lowest BCUT2D eigenvalue weighted by Gasteiger charge is -2.18. The number of methoxy groups -OCH3 is 1. The number of hydrogen-bond acceptors (Lipinski definition) is 2. The second-order valence-electron chi connectivity index (χ2n) is 5.48. The van der Waals surface area contributed by atoms with Crippen molar-refractivity contribution in [2.24, 2.45) is 4.99 Å². The van der Waals surface area contributed by atoms with E-state index in [0.29, 0.717) is 25.6 Å². The summed E-state index contributed by atoms with van der Waals surface area (Å²) >= 11 is 0. The molecule has 0 radical (unpaired) electrons. The van der Waals surface area contributed by atoms with Gasteiger partial charge in [0.1, 0.15) is 11.6 Å². The topological polar surface area (TPSA) is 45.7 Å². The van der Waals surface area contributed by atoms with Crippen molar-refractivity contribution in [3.63, 3.8) is 0 Å². The maximum atomic E-state index is 13.0. The average molecular weight is 347 g/mol. The predicted octanol–water partition coefficient (Wildman–Crippen LogP) is 3.41. The molecule has 0 bridgehead atoms. The van der Waals surface area contributed by atoms with Gasteiger partial charge in [0.15, 0.2) is 5.96 Å². The maximum Gasteiger partial charge on any atom is 0.191 e. The molecule has 1 atom stereocenters. The summed E-state index contributed by atoms with van der Waals surface area (Å²) < 4.78 is 31.5. The van der Waals surface area contributed by atoms with Crippen molar-refractivity contribution in [1.82, 2.24) is 10.6 Å². The minimum atomic E-state index is -0.277. The van der Waals surface area contributed by atoms with E-state index in [-0.39, 0.29) is 17.7 Å². The first kappa shape index (κ1) is 18.9. The van der Waals surface area contributed by atoms with Crippen molar-refractivity contribution in [2.75, 3.05) is 20.2 Å². The third-order valence-electron chi connectivity index (χ3n) is 3.66. The average Bonchev–Trinajstić information content (AvgIpc) is 2.62. The van der Waals surface area contributed by atoms with Crippen LogP contribution in [-0.2, 0) is 11.3 Å². The molecule has 0 aromatic heterocycles. The van der Waals surface area contributed by atoms with Crippen molar-refractivity contribution < 1.29 is 13.5 Å². The number of nitrogens with zero attached hydrogens (tertiary/aromatic N) is 1. The quantitative estimate of drug-likeness (QED) is 0.596. The highest BCUT2D eigenvalue weighted by molar-refractivity contribution is 5.79. The van der Waals surface area contributed by atoms with Gasteiger partial charge in [0.25, 0.3) is 0 Å². The fourth-order valence-electron chi connectivity index (χ4n) is 2.31. The molecule has 0 spiro atoms. The third kappa shape index (κ3) is 6.15. The zero-order chi connectivity index (χ0) is 18.1. The smallest absolute Gasteiger partial charge is 0.191 e. The van der Waals surface area contributed by atoms with Crippen LogP contribution in [0.15, 0.2) is 53.5 Å². The normalized spacial score (nSPS) is 12.7. The Morgan fingerprint density at radius 2 is 1.60 bits per heavy atom. The lowest BCUT2D eigenvalue weighted by molar-refractivity contribution is 0.106. The number of nitrogens with one attached hydrogen (secondary N) is 2. The summed E-state index contributed by atoms with van der Waals surface area (Å²) in [5, 5.41) is 6.37. The molecule has 2 aromatic carbocycles. The van der Waals surface area contributed by atoms with Gasteiger partial charge in [-0.15, -0.1) is 0 Å². The fraction of sp³-hybridized carbons (Fsp3) is 0.316. The van der Waals surface area contributed by atoms with Crippen LogP contribution in [-0.4, -0.2) is 26.2 Å². The molecule has 0 fully saturated rings. The first-order valence-corrected chi connectivity index (χ1v) is 8.17. The molecule has 0 aliphatic carbocycles. The van der Waals surface area contributed by atoms with Crippen LogP contribution in [0.5, 0.6) is 0 Å². The Hall–Kier alpha value is -2.47. The van der Waals surface area contributed by atoms with Gasteiger partial charge >= 0.3 is 0 Å². The van der Waals surface area contributed by atoms with E-state index in [1.807, 2.05) is 6.92 Å². The summed E-state index contributed by atoms with van der Waals surface area (Å²) in [5.41, 5.74) is 1.80. The summed E-state index contributed by atoms with van der Waals surface area (Å²) in [4.78, 5) is 4.48. The maximum absolute atomic E-state index is 13.0. The van der Waals surface area contributed by atoms with E-state index >= 15 is 0 Å². The van der Waals surface area contributed by atoms with Gasteiger partial charge in [0.05, 0.1) is 12.6 Å². The molecule has 2 rings (SSSR count). The van der Waals surface area contributed by atoms with E-state index < -0.39 is 0 Å². The molecule has 134 valence electrons. The first-order valence-electron chi connectivity index (χ1n) is 8.17. The van der Waals surface area contributed by atoms with E-state index in [2.05, 4.69) is 15.6 Å². The molecule has 4 nitrogen and oxygen atoms in total. The molecule has 1 unspecified atom stereocenters. The highest BCUT2D eigenvalue weighted by Crippen LogP contribution is 2.16. The molecule has 0 heterocycles. The van der Waals surface area contributed by atoms with Gasteiger partial charge in [0.2, 0.25) is 0 Å². The van der Waals surface area contributed by atoms with Gasteiger partial charge in [0, 0.05) is 20.2 Å². The molecule has 0 amide bonds. The van der Waals surface area contributed by atoms with Crippen molar-refractivity contribution in [2.45, 2.75) is 19.6 Å². The molecule has 0 aliphatic heterocycles. The second kappa shape index (κ2) is 9.74. The highest BCUT2D eigenvalue weighted by Gasteiger charge is 2.11. The van der Waals surface area contributed by atoms with Crippen LogP contribution in [0.1, 0.15) is 24.2 Å². The lowest BCUT2D eigenvalue weighted by atomic mass is 10.1. The summed E-state index contributed by atoms with van der Waals surface area (Å²) in [6.45, 7) is 3.60. The minimum absolute atomic E-state index is 0.227. The van der Waals surface area contributed by atoms with Crippen molar-refractivity contribution in [3.05, 3.63) is 71.3 Å². The Labute approximate surface area is 146 Å². The summed E-state index contributed by atoms with van der Waals surface area (Å²) in [6.07, 6.45) is -0.227. The SMILES string of the molecule is CCNC(=NCc1ccc(F)cc1)NCC(OC)c1ccc(F)cc1. The molecule has 6 heteroatoms. The molecule has 2 N–H and O–H groups in total. The Balaban J connectivity index is 1.98. The molecular formula is C19H23F2N3O. The standard InChI is InChI=1S/C19H23F2N3O/c1-3-22-19(23-12-14-4-8-16(20)9-5-14)24-13-18(25-2)15-6-10-17(21)11-7-15/h4-11,18H,3,12-13H2,1-2H3,(H2,22,23,24). The summed E-state index contributed by atoms with van der Waals surface area (Å²) in [5.74, 6) is 0.0942.